The smallest absolute Gasteiger partial charge is 0.273 e. The zero-order chi connectivity index (χ0) is 17.6. The van der Waals surface area contributed by atoms with Crippen LogP contribution in [-0.2, 0) is 0 Å². The lowest BCUT2D eigenvalue weighted by Gasteiger charge is -2.35. The van der Waals surface area contributed by atoms with Gasteiger partial charge in [0.2, 0.25) is 0 Å². The fourth-order valence-corrected chi connectivity index (χ4v) is 4.21. The summed E-state index contributed by atoms with van der Waals surface area (Å²) in [6.45, 7) is 3.14. The molecule has 1 unspecified atom stereocenters. The highest BCUT2D eigenvalue weighted by Crippen LogP contribution is 2.22. The van der Waals surface area contributed by atoms with Crippen LogP contribution in [0.5, 0.6) is 0 Å². The minimum atomic E-state index is -0.0751. The zero-order valence-electron chi connectivity index (χ0n) is 14.4. The number of carbonyl (C=O) groups excluding carboxylic acids is 1. The predicted molar refractivity (Wildman–Crippen MR) is 107 cm³/mol. The van der Waals surface area contributed by atoms with Crippen molar-refractivity contribution in [1.29, 1.82) is 0 Å². The first kappa shape index (κ1) is 18.2. The average Bonchev–Trinajstić information content (AvgIpc) is 3.16. The van der Waals surface area contributed by atoms with E-state index >= 15 is 0 Å². The van der Waals surface area contributed by atoms with Crippen LogP contribution in [0.15, 0.2) is 35.7 Å². The molecule has 2 aromatic rings. The van der Waals surface area contributed by atoms with Crippen LogP contribution in [0.2, 0.25) is 0 Å². The van der Waals surface area contributed by atoms with Crippen LogP contribution < -0.4 is 10.6 Å². The maximum Gasteiger partial charge on any atom is 0.273 e. The number of thioether (sulfide) groups is 1. The van der Waals surface area contributed by atoms with Crippen molar-refractivity contribution in [2.75, 3.05) is 43.1 Å². The number of anilines is 1. The van der Waals surface area contributed by atoms with Gasteiger partial charge in [-0.25, -0.2) is 4.98 Å². The second kappa shape index (κ2) is 8.69. The second-order valence-electron chi connectivity index (χ2n) is 6.07. The summed E-state index contributed by atoms with van der Waals surface area (Å²) in [6, 6.07) is 10.3. The molecule has 0 bridgehead atoms. The molecular weight excluding hydrogens is 352 g/mol. The summed E-state index contributed by atoms with van der Waals surface area (Å²) in [5.74, 6) is 1.03. The minimum absolute atomic E-state index is 0.0206. The number of para-hydroxylation sites is 1. The predicted octanol–water partition coefficient (Wildman–Crippen LogP) is 2.86. The van der Waals surface area contributed by atoms with Crippen LogP contribution in [0, 0.1) is 0 Å². The standard InChI is InChI=1S/C18H24N4OS2/c1-24-12-7-15(19)17-20-16(13-25-17)18(23)22-10-8-21(9-11-22)14-5-3-2-4-6-14/h2-6,13,15H,7-12,19H2,1H3. The van der Waals surface area contributed by atoms with Crippen molar-refractivity contribution < 1.29 is 4.79 Å². The summed E-state index contributed by atoms with van der Waals surface area (Å²) in [6.07, 6.45) is 2.96. The van der Waals surface area contributed by atoms with Crippen molar-refractivity contribution in [2.45, 2.75) is 12.5 Å². The molecule has 25 heavy (non-hydrogen) atoms. The molecule has 1 saturated heterocycles. The molecule has 1 aromatic heterocycles. The molecule has 1 aliphatic heterocycles. The van der Waals surface area contributed by atoms with Crippen LogP contribution >= 0.6 is 23.1 Å². The number of thiazole rings is 1. The highest BCUT2D eigenvalue weighted by Gasteiger charge is 2.24. The highest BCUT2D eigenvalue weighted by atomic mass is 32.2. The molecule has 0 saturated carbocycles. The van der Waals surface area contributed by atoms with Crippen LogP contribution in [0.4, 0.5) is 5.69 Å². The third-order valence-electron chi connectivity index (χ3n) is 4.38. The van der Waals surface area contributed by atoms with E-state index in [9.17, 15) is 4.79 Å². The molecule has 2 heterocycles. The largest absolute Gasteiger partial charge is 0.368 e. The number of amides is 1. The lowest BCUT2D eigenvalue weighted by Crippen LogP contribution is -2.48. The molecule has 0 aliphatic carbocycles. The molecule has 0 radical (unpaired) electrons. The first-order chi connectivity index (χ1) is 12.2. The number of benzene rings is 1. The molecule has 5 nitrogen and oxygen atoms in total. The Morgan fingerprint density at radius 1 is 1.28 bits per heavy atom. The van der Waals surface area contributed by atoms with Crippen LogP contribution in [-0.4, -0.2) is 54.0 Å². The van der Waals surface area contributed by atoms with Crippen LogP contribution in [0.1, 0.15) is 28.0 Å². The topological polar surface area (TPSA) is 62.5 Å². The summed E-state index contributed by atoms with van der Waals surface area (Å²) in [5.41, 5.74) is 7.91. The first-order valence-corrected chi connectivity index (χ1v) is 10.8. The maximum atomic E-state index is 12.7. The van der Waals surface area contributed by atoms with Gasteiger partial charge in [0.15, 0.2) is 0 Å². The van der Waals surface area contributed by atoms with E-state index in [1.807, 2.05) is 28.5 Å². The Labute approximate surface area is 157 Å². The lowest BCUT2D eigenvalue weighted by atomic mass is 10.2. The van der Waals surface area contributed by atoms with Gasteiger partial charge in [-0.2, -0.15) is 11.8 Å². The maximum absolute atomic E-state index is 12.7. The van der Waals surface area contributed by atoms with Gasteiger partial charge in [0, 0.05) is 37.2 Å². The van der Waals surface area contributed by atoms with E-state index in [4.69, 9.17) is 5.73 Å². The van der Waals surface area contributed by atoms with E-state index in [2.05, 4.69) is 28.3 Å². The van der Waals surface area contributed by atoms with Gasteiger partial charge >= 0.3 is 0 Å². The van der Waals surface area contributed by atoms with Crippen LogP contribution in [0.25, 0.3) is 0 Å². The number of hydrogen-bond donors (Lipinski definition) is 1. The Morgan fingerprint density at radius 3 is 2.68 bits per heavy atom. The molecule has 134 valence electrons. The molecule has 0 spiro atoms. The number of carbonyl (C=O) groups is 1. The molecule has 2 N–H and O–H groups in total. The van der Waals surface area contributed by atoms with E-state index in [1.54, 1.807) is 11.8 Å². The summed E-state index contributed by atoms with van der Waals surface area (Å²) in [7, 11) is 0. The molecule has 1 amide bonds. The fourth-order valence-electron chi connectivity index (χ4n) is 2.89. The van der Waals surface area contributed by atoms with E-state index in [1.165, 1.54) is 17.0 Å². The SMILES string of the molecule is CSCCC(N)c1nc(C(=O)N2CCN(c3ccccc3)CC2)cs1. The molecule has 1 atom stereocenters. The number of nitrogens with zero attached hydrogens (tertiary/aromatic N) is 3. The molecule has 7 heteroatoms. The van der Waals surface area contributed by atoms with E-state index in [0.29, 0.717) is 5.69 Å². The van der Waals surface area contributed by atoms with Crippen molar-refractivity contribution in [3.05, 3.63) is 46.4 Å². The number of hydrogen-bond acceptors (Lipinski definition) is 6. The van der Waals surface area contributed by atoms with Gasteiger partial charge in [-0.15, -0.1) is 11.3 Å². The molecular formula is C18H24N4OS2. The van der Waals surface area contributed by atoms with Crippen molar-refractivity contribution in [1.82, 2.24) is 9.88 Å². The van der Waals surface area contributed by atoms with Crippen LogP contribution in [0.3, 0.4) is 0 Å². The Kier molecular flexibility index (Phi) is 6.34. The van der Waals surface area contributed by atoms with Gasteiger partial charge < -0.3 is 15.5 Å². The Balaban J connectivity index is 1.57. The zero-order valence-corrected chi connectivity index (χ0v) is 16.1. The number of aromatic nitrogens is 1. The lowest BCUT2D eigenvalue weighted by molar-refractivity contribution is 0.0741. The van der Waals surface area contributed by atoms with Crippen molar-refractivity contribution in [3.63, 3.8) is 0 Å². The molecule has 3 rings (SSSR count). The van der Waals surface area contributed by atoms with Gasteiger partial charge in [-0.3, -0.25) is 4.79 Å². The third-order valence-corrected chi connectivity index (χ3v) is 6.00. The Hall–Kier alpha value is -1.57. The first-order valence-electron chi connectivity index (χ1n) is 8.48. The van der Waals surface area contributed by atoms with Gasteiger partial charge in [0.05, 0.1) is 6.04 Å². The Morgan fingerprint density at radius 2 is 2.00 bits per heavy atom. The molecule has 1 aromatic carbocycles. The summed E-state index contributed by atoms with van der Waals surface area (Å²) >= 11 is 3.27. The molecule has 1 fully saturated rings. The third kappa shape index (κ3) is 4.54. The second-order valence-corrected chi connectivity index (χ2v) is 7.95. The summed E-state index contributed by atoms with van der Waals surface area (Å²) in [4.78, 5) is 21.4. The number of piperazine rings is 1. The van der Waals surface area contributed by atoms with Gasteiger partial charge in [0.1, 0.15) is 10.7 Å². The highest BCUT2D eigenvalue weighted by molar-refractivity contribution is 7.98. The van der Waals surface area contributed by atoms with Gasteiger partial charge in [-0.05, 0) is 30.6 Å². The number of nitrogens with two attached hydrogens (primary N) is 1. The summed E-state index contributed by atoms with van der Waals surface area (Å²) < 4.78 is 0. The fraction of sp³-hybridized carbons (Fsp3) is 0.444. The Bertz CT molecular complexity index is 683. The quantitative estimate of drug-likeness (QED) is 0.840. The normalized spacial score (nSPS) is 16.1. The molecule has 1 aliphatic rings. The van der Waals surface area contributed by atoms with E-state index in [-0.39, 0.29) is 11.9 Å². The van der Waals surface area contributed by atoms with E-state index in [0.717, 1.165) is 43.4 Å². The number of rotatable bonds is 6. The summed E-state index contributed by atoms with van der Waals surface area (Å²) in [5, 5.41) is 2.71. The minimum Gasteiger partial charge on any atom is -0.368 e. The van der Waals surface area contributed by atoms with Gasteiger partial charge in [-0.1, -0.05) is 18.2 Å². The van der Waals surface area contributed by atoms with Crippen molar-refractivity contribution in [2.24, 2.45) is 5.73 Å². The van der Waals surface area contributed by atoms with Crippen molar-refractivity contribution in [3.8, 4) is 0 Å². The average molecular weight is 377 g/mol. The monoisotopic (exact) mass is 376 g/mol. The van der Waals surface area contributed by atoms with E-state index < -0.39 is 0 Å². The van der Waals surface area contributed by atoms with Crippen molar-refractivity contribution >= 4 is 34.7 Å². The van der Waals surface area contributed by atoms with Gasteiger partial charge in [0.25, 0.3) is 5.91 Å².